The van der Waals surface area contributed by atoms with E-state index in [0.717, 1.165) is 49.1 Å². The highest BCUT2D eigenvalue weighted by atomic mass is 35.5. The van der Waals surface area contributed by atoms with Crippen LogP contribution in [0.4, 0.5) is 0 Å². The minimum absolute atomic E-state index is 0.0119. The number of hydrogen-bond donors (Lipinski definition) is 1. The molecule has 5 nitrogen and oxygen atoms in total. The summed E-state index contributed by atoms with van der Waals surface area (Å²) in [5, 5.41) is 4.61. The molecule has 154 valence electrons. The van der Waals surface area contributed by atoms with Crippen molar-refractivity contribution in [2.75, 3.05) is 13.1 Å². The van der Waals surface area contributed by atoms with Gasteiger partial charge in [-0.25, -0.2) is 4.98 Å². The van der Waals surface area contributed by atoms with Crippen molar-refractivity contribution in [1.29, 1.82) is 0 Å². The second-order valence-electron chi connectivity index (χ2n) is 7.92. The Morgan fingerprint density at radius 1 is 1.07 bits per heavy atom. The summed E-state index contributed by atoms with van der Waals surface area (Å²) in [6.45, 7) is 1.32. The van der Waals surface area contributed by atoms with Gasteiger partial charge in [0, 0.05) is 30.6 Å². The van der Waals surface area contributed by atoms with Crippen LogP contribution in [0.15, 0.2) is 30.5 Å². The number of carbonyl (C=O) groups excluding carboxylic acids is 2. The average molecular weight is 432 g/mol. The Labute approximate surface area is 180 Å². The lowest BCUT2D eigenvalue weighted by molar-refractivity contribution is -0.126. The molecule has 0 spiro atoms. The second-order valence-corrected chi connectivity index (χ2v) is 9.36. The summed E-state index contributed by atoms with van der Waals surface area (Å²) in [5.41, 5.74) is 0.849. The largest absolute Gasteiger partial charge is 0.353 e. The third kappa shape index (κ3) is 4.81. The van der Waals surface area contributed by atoms with Crippen molar-refractivity contribution in [2.45, 2.75) is 51.0 Å². The van der Waals surface area contributed by atoms with Crippen LogP contribution in [0.25, 0.3) is 10.6 Å². The first-order valence-electron chi connectivity index (χ1n) is 10.4. The maximum absolute atomic E-state index is 12.9. The molecule has 0 unspecified atom stereocenters. The Kier molecular flexibility index (Phi) is 6.50. The van der Waals surface area contributed by atoms with Crippen molar-refractivity contribution >= 4 is 34.8 Å². The predicted molar refractivity (Wildman–Crippen MR) is 116 cm³/mol. The smallest absolute Gasteiger partial charge is 0.265 e. The highest BCUT2D eigenvalue weighted by Gasteiger charge is 2.28. The summed E-state index contributed by atoms with van der Waals surface area (Å²) in [5.74, 6) is 0.406. The molecule has 2 aromatic rings. The molecule has 29 heavy (non-hydrogen) atoms. The van der Waals surface area contributed by atoms with E-state index in [2.05, 4.69) is 10.3 Å². The summed E-state index contributed by atoms with van der Waals surface area (Å²) in [4.78, 5) is 32.2. The Hall–Kier alpha value is -1.92. The Morgan fingerprint density at radius 2 is 1.79 bits per heavy atom. The number of benzene rings is 1. The molecule has 1 saturated carbocycles. The van der Waals surface area contributed by atoms with Crippen LogP contribution in [0.3, 0.4) is 0 Å². The van der Waals surface area contributed by atoms with Crippen molar-refractivity contribution < 1.29 is 9.59 Å². The van der Waals surface area contributed by atoms with Gasteiger partial charge in [0.15, 0.2) is 0 Å². The number of aromatic nitrogens is 1. The van der Waals surface area contributed by atoms with E-state index in [0.29, 0.717) is 23.0 Å². The molecular formula is C22H26ClN3O2S. The molecule has 7 heteroatoms. The average Bonchev–Trinajstić information content (AvgIpc) is 3.25. The van der Waals surface area contributed by atoms with Crippen LogP contribution in [0.2, 0.25) is 5.02 Å². The van der Waals surface area contributed by atoms with Crippen LogP contribution in [0.5, 0.6) is 0 Å². The number of halogens is 1. The fraction of sp³-hybridized carbons (Fsp3) is 0.500. The van der Waals surface area contributed by atoms with Crippen molar-refractivity contribution in [2.24, 2.45) is 5.92 Å². The van der Waals surface area contributed by atoms with Crippen molar-refractivity contribution in [3.8, 4) is 10.6 Å². The quantitative estimate of drug-likeness (QED) is 0.758. The maximum Gasteiger partial charge on any atom is 0.265 e. The molecule has 2 aliphatic rings. The number of nitrogens with zero attached hydrogens (tertiary/aromatic N) is 2. The normalized spacial score (nSPS) is 18.6. The third-order valence-corrected chi connectivity index (χ3v) is 7.27. The van der Waals surface area contributed by atoms with Gasteiger partial charge < -0.3 is 10.2 Å². The van der Waals surface area contributed by atoms with Gasteiger partial charge in [-0.1, -0.05) is 49.1 Å². The highest BCUT2D eigenvalue weighted by Crippen LogP contribution is 2.31. The van der Waals surface area contributed by atoms with Gasteiger partial charge in [0.25, 0.3) is 5.91 Å². The van der Waals surface area contributed by atoms with E-state index < -0.39 is 0 Å². The SMILES string of the molecule is O=C(NC1CCN(C(=O)c2cnc(-c3ccccc3Cl)s2)CC1)C1CCCCC1. The molecule has 1 aromatic carbocycles. The lowest BCUT2D eigenvalue weighted by atomic mass is 9.88. The molecule has 1 aliphatic carbocycles. The van der Waals surface area contributed by atoms with Gasteiger partial charge in [-0.3, -0.25) is 9.59 Å². The van der Waals surface area contributed by atoms with Crippen LogP contribution in [0.1, 0.15) is 54.6 Å². The van der Waals surface area contributed by atoms with Gasteiger partial charge in [-0.2, -0.15) is 0 Å². The van der Waals surface area contributed by atoms with Crippen molar-refractivity contribution in [3.05, 3.63) is 40.4 Å². The summed E-state index contributed by atoms with van der Waals surface area (Å²) in [7, 11) is 0. The number of carbonyl (C=O) groups is 2. The zero-order valence-electron chi connectivity index (χ0n) is 16.4. The first-order valence-corrected chi connectivity index (χ1v) is 11.6. The molecule has 0 bridgehead atoms. The van der Waals surface area contributed by atoms with E-state index in [1.807, 2.05) is 29.2 Å². The molecule has 2 fully saturated rings. The molecule has 1 aliphatic heterocycles. The fourth-order valence-corrected chi connectivity index (χ4v) is 5.40. The van der Waals surface area contributed by atoms with Crippen LogP contribution in [-0.2, 0) is 4.79 Å². The minimum atomic E-state index is 0.0119. The Morgan fingerprint density at radius 3 is 2.52 bits per heavy atom. The molecule has 4 rings (SSSR count). The van der Waals surface area contributed by atoms with Gasteiger partial charge in [-0.15, -0.1) is 11.3 Å². The summed E-state index contributed by atoms with van der Waals surface area (Å²) in [6, 6.07) is 7.70. The minimum Gasteiger partial charge on any atom is -0.353 e. The van der Waals surface area contributed by atoms with Crippen molar-refractivity contribution in [3.63, 3.8) is 0 Å². The number of thiazole rings is 1. The van der Waals surface area contributed by atoms with E-state index in [1.54, 1.807) is 6.20 Å². The van der Waals surface area contributed by atoms with Crippen LogP contribution < -0.4 is 5.32 Å². The number of nitrogens with one attached hydrogen (secondary N) is 1. The van der Waals surface area contributed by atoms with E-state index >= 15 is 0 Å². The zero-order chi connectivity index (χ0) is 20.2. The number of piperidine rings is 1. The first kappa shape index (κ1) is 20.4. The Balaban J connectivity index is 1.31. The molecule has 1 N–H and O–H groups in total. The van der Waals surface area contributed by atoms with E-state index in [4.69, 9.17) is 11.6 Å². The topological polar surface area (TPSA) is 62.3 Å². The van der Waals surface area contributed by atoms with Gasteiger partial charge >= 0.3 is 0 Å². The molecule has 1 aromatic heterocycles. The van der Waals surface area contributed by atoms with Gasteiger partial charge in [0.2, 0.25) is 5.91 Å². The summed E-state index contributed by atoms with van der Waals surface area (Å²) < 4.78 is 0. The summed E-state index contributed by atoms with van der Waals surface area (Å²) >= 11 is 7.62. The van der Waals surface area contributed by atoms with Gasteiger partial charge in [0.05, 0.1) is 11.2 Å². The number of hydrogen-bond acceptors (Lipinski definition) is 4. The standard InChI is InChI=1S/C22H26ClN3O2S/c23-18-9-5-4-8-17(18)21-24-14-19(29-21)22(28)26-12-10-16(11-13-26)25-20(27)15-6-2-1-3-7-15/h4-5,8-9,14-16H,1-3,6-7,10-13H2,(H,25,27). The number of amides is 2. The second kappa shape index (κ2) is 9.26. The Bertz CT molecular complexity index is 870. The lowest BCUT2D eigenvalue weighted by Crippen LogP contribution is -2.48. The number of rotatable bonds is 4. The zero-order valence-corrected chi connectivity index (χ0v) is 18.0. The van der Waals surface area contributed by atoms with E-state index in [9.17, 15) is 9.59 Å². The molecule has 2 amide bonds. The van der Waals surface area contributed by atoms with Crippen LogP contribution in [0, 0.1) is 5.92 Å². The first-order chi connectivity index (χ1) is 14.1. The van der Waals surface area contributed by atoms with E-state index in [-0.39, 0.29) is 23.8 Å². The highest BCUT2D eigenvalue weighted by molar-refractivity contribution is 7.17. The lowest BCUT2D eigenvalue weighted by Gasteiger charge is -2.33. The van der Waals surface area contributed by atoms with Crippen LogP contribution in [-0.4, -0.2) is 40.8 Å². The molecule has 0 atom stereocenters. The fourth-order valence-electron chi connectivity index (χ4n) is 4.20. The maximum atomic E-state index is 12.9. The molecule has 1 saturated heterocycles. The predicted octanol–water partition coefficient (Wildman–Crippen LogP) is 4.76. The van der Waals surface area contributed by atoms with Crippen molar-refractivity contribution in [1.82, 2.24) is 15.2 Å². The molecular weight excluding hydrogens is 406 g/mol. The number of likely N-dealkylation sites (tertiary alicyclic amines) is 1. The van der Waals surface area contributed by atoms with E-state index in [1.165, 1.54) is 17.8 Å². The molecule has 2 heterocycles. The van der Waals surface area contributed by atoms with Crippen LogP contribution >= 0.6 is 22.9 Å². The summed E-state index contributed by atoms with van der Waals surface area (Å²) in [6.07, 6.45) is 8.86. The van der Waals surface area contributed by atoms with Gasteiger partial charge in [-0.05, 0) is 31.7 Å². The molecule has 0 radical (unpaired) electrons. The van der Waals surface area contributed by atoms with Gasteiger partial charge in [0.1, 0.15) is 9.88 Å². The monoisotopic (exact) mass is 431 g/mol. The third-order valence-electron chi connectivity index (χ3n) is 5.93.